The van der Waals surface area contributed by atoms with E-state index in [2.05, 4.69) is 23.6 Å². The van der Waals surface area contributed by atoms with Crippen molar-refractivity contribution in [3.05, 3.63) is 23.8 Å². The van der Waals surface area contributed by atoms with Crippen LogP contribution in [0, 0.1) is 5.82 Å². The number of rotatable bonds is 6. The van der Waals surface area contributed by atoms with Crippen molar-refractivity contribution in [2.24, 2.45) is 0 Å². The summed E-state index contributed by atoms with van der Waals surface area (Å²) in [6, 6.07) is 0.873. The zero-order chi connectivity index (χ0) is 20.4. The number of carbonyl (C=O) groups is 1. The third kappa shape index (κ3) is 4.10. The van der Waals surface area contributed by atoms with Crippen molar-refractivity contribution in [3.63, 3.8) is 0 Å². The lowest BCUT2D eigenvalue weighted by atomic mass is 10.1. The first-order valence-corrected chi connectivity index (χ1v) is 8.30. The normalized spacial score (nSPS) is 11.9. The van der Waals surface area contributed by atoms with Crippen molar-refractivity contribution in [1.29, 1.82) is 0 Å². The van der Waals surface area contributed by atoms with Crippen molar-refractivity contribution in [3.8, 4) is 23.0 Å². The highest BCUT2D eigenvalue weighted by molar-refractivity contribution is 7.88. The lowest BCUT2D eigenvalue weighted by molar-refractivity contribution is -0.0500. The molecule has 0 aromatic carbocycles. The second-order valence-corrected chi connectivity index (χ2v) is 6.14. The molecule has 0 aliphatic rings. The van der Waals surface area contributed by atoms with Crippen LogP contribution in [-0.2, 0) is 14.9 Å². The first kappa shape index (κ1) is 20.4. The van der Waals surface area contributed by atoms with Crippen LogP contribution in [-0.4, -0.2) is 43.8 Å². The third-order valence-corrected chi connectivity index (χ3v) is 3.83. The Morgan fingerprint density at radius 1 is 1.33 bits per heavy atom. The van der Waals surface area contributed by atoms with Gasteiger partial charge in [-0.05, 0) is 6.92 Å². The molecule has 0 atom stereocenters. The molecular weight excluding hydrogens is 404 g/mol. The number of nitrogens with zero attached hydrogens (tertiary/aromatic N) is 2. The molecule has 2 aromatic rings. The van der Waals surface area contributed by atoms with Gasteiger partial charge in [-0.2, -0.15) is 21.6 Å². The summed E-state index contributed by atoms with van der Waals surface area (Å²) in [6.07, 6.45) is 0.628. The van der Waals surface area contributed by atoms with Gasteiger partial charge in [0.15, 0.2) is 5.82 Å². The van der Waals surface area contributed by atoms with Crippen molar-refractivity contribution in [2.45, 2.75) is 12.4 Å². The number of methoxy groups -OCH3 is 1. The minimum Gasteiger partial charge on any atom is -0.481 e. The van der Waals surface area contributed by atoms with E-state index in [1.807, 2.05) is 0 Å². The highest BCUT2D eigenvalue weighted by atomic mass is 32.2. The van der Waals surface area contributed by atoms with Crippen LogP contribution in [0.25, 0.3) is 11.3 Å². The minimum atomic E-state index is -6.23. The van der Waals surface area contributed by atoms with Gasteiger partial charge >= 0.3 is 21.6 Å². The van der Waals surface area contributed by atoms with Crippen molar-refractivity contribution in [2.75, 3.05) is 13.7 Å². The number of pyridine rings is 1. The number of esters is 1. The summed E-state index contributed by atoms with van der Waals surface area (Å²) in [4.78, 5) is 15.3. The van der Waals surface area contributed by atoms with Crippen LogP contribution in [0.1, 0.15) is 17.4 Å². The maximum Gasteiger partial charge on any atom is 0.534 e. The maximum absolute atomic E-state index is 14.0. The predicted molar refractivity (Wildman–Crippen MR) is 77.8 cm³/mol. The van der Waals surface area contributed by atoms with Crippen molar-refractivity contribution >= 4 is 16.1 Å². The zero-order valence-electron chi connectivity index (χ0n) is 13.5. The number of aromatic nitrogens is 2. The monoisotopic (exact) mass is 414 g/mol. The molecule has 2 aromatic heterocycles. The number of hydrogen-bond acceptors (Lipinski definition) is 9. The Hall–Kier alpha value is -2.90. The van der Waals surface area contributed by atoms with Crippen LogP contribution in [0.15, 0.2) is 16.8 Å². The number of hydrogen-bond donors (Lipinski definition) is 0. The standard InChI is InChI=1S/C13H10F4N2O7S/c1-3-24-12(20)9-11(26-27(21,22)13(15,16)17)10(25-19-9)6-4-8(23-2)18-5-7(6)14/h4-5H,3H2,1-2H3. The number of halogens is 4. The Bertz CT molecular complexity index is 956. The van der Waals surface area contributed by atoms with Crippen LogP contribution < -0.4 is 8.92 Å². The van der Waals surface area contributed by atoms with E-state index in [9.17, 15) is 30.8 Å². The molecule has 0 fully saturated rings. The Balaban J connectivity index is 2.68. The third-order valence-electron chi connectivity index (χ3n) is 2.88. The SMILES string of the molecule is CCOC(=O)c1noc(-c2cc(OC)ncc2F)c1OS(=O)(=O)C(F)(F)F. The molecule has 2 rings (SSSR count). The molecule has 148 valence electrons. The van der Waals surface area contributed by atoms with Gasteiger partial charge in [0.25, 0.3) is 0 Å². The smallest absolute Gasteiger partial charge is 0.481 e. The van der Waals surface area contributed by atoms with E-state index in [4.69, 9.17) is 4.74 Å². The van der Waals surface area contributed by atoms with Crippen molar-refractivity contribution in [1.82, 2.24) is 10.1 Å². The summed E-state index contributed by atoms with van der Waals surface area (Å²) in [5, 5.41) is 3.14. The van der Waals surface area contributed by atoms with Crippen LogP contribution in [0.2, 0.25) is 0 Å². The summed E-state index contributed by atoms with van der Waals surface area (Å²) in [5.74, 6) is -4.88. The molecule has 0 saturated heterocycles. The van der Waals surface area contributed by atoms with Crippen LogP contribution in [0.5, 0.6) is 11.6 Å². The van der Waals surface area contributed by atoms with Gasteiger partial charge in [0.1, 0.15) is 0 Å². The van der Waals surface area contributed by atoms with E-state index in [0.29, 0.717) is 6.20 Å². The fourth-order valence-electron chi connectivity index (χ4n) is 1.72. The highest BCUT2D eigenvalue weighted by Crippen LogP contribution is 2.39. The minimum absolute atomic E-state index is 0.190. The summed E-state index contributed by atoms with van der Waals surface area (Å²) >= 11 is 0. The lowest BCUT2D eigenvalue weighted by Gasteiger charge is -2.10. The second-order valence-electron chi connectivity index (χ2n) is 4.60. The van der Waals surface area contributed by atoms with Gasteiger partial charge in [0.05, 0.1) is 25.5 Å². The highest BCUT2D eigenvalue weighted by Gasteiger charge is 2.50. The molecule has 0 saturated carbocycles. The van der Waals surface area contributed by atoms with E-state index in [0.717, 1.165) is 6.07 Å². The van der Waals surface area contributed by atoms with E-state index >= 15 is 0 Å². The number of alkyl halides is 3. The summed E-state index contributed by atoms with van der Waals surface area (Å²) in [5.41, 5.74) is -7.48. The molecule has 0 radical (unpaired) electrons. The molecule has 0 amide bonds. The number of ether oxygens (including phenoxy) is 2. The topological polar surface area (TPSA) is 118 Å². The fraction of sp³-hybridized carbons (Fsp3) is 0.308. The molecule has 0 N–H and O–H groups in total. The average Bonchev–Trinajstić information content (AvgIpc) is 2.97. The van der Waals surface area contributed by atoms with Gasteiger partial charge in [0.2, 0.25) is 23.1 Å². The predicted octanol–water partition coefficient (Wildman–Crippen LogP) is 2.29. The first-order chi connectivity index (χ1) is 12.5. The lowest BCUT2D eigenvalue weighted by Crippen LogP contribution is -2.28. The number of carbonyl (C=O) groups excluding carboxylic acids is 1. The van der Waals surface area contributed by atoms with Crippen molar-refractivity contribution < 1.29 is 49.0 Å². The Labute approximate surface area is 148 Å². The largest absolute Gasteiger partial charge is 0.534 e. The fourth-order valence-corrected chi connectivity index (χ4v) is 2.19. The summed E-state index contributed by atoms with van der Waals surface area (Å²) in [7, 11) is -5.06. The van der Waals surface area contributed by atoms with Crippen LogP contribution >= 0.6 is 0 Å². The van der Waals surface area contributed by atoms with E-state index in [-0.39, 0.29) is 12.5 Å². The first-order valence-electron chi connectivity index (χ1n) is 6.89. The van der Waals surface area contributed by atoms with Gasteiger partial charge < -0.3 is 18.2 Å². The molecule has 27 heavy (non-hydrogen) atoms. The quantitative estimate of drug-likeness (QED) is 0.304. The van der Waals surface area contributed by atoms with Gasteiger partial charge in [-0.1, -0.05) is 5.16 Å². The molecule has 0 spiro atoms. The maximum atomic E-state index is 14.0. The zero-order valence-corrected chi connectivity index (χ0v) is 14.4. The van der Waals surface area contributed by atoms with Gasteiger partial charge in [-0.25, -0.2) is 14.2 Å². The molecule has 9 nitrogen and oxygen atoms in total. The molecule has 2 heterocycles. The van der Waals surface area contributed by atoms with Gasteiger partial charge in [0, 0.05) is 6.07 Å². The molecule has 0 bridgehead atoms. The Kier molecular flexibility index (Phi) is 5.58. The Morgan fingerprint density at radius 3 is 2.56 bits per heavy atom. The second kappa shape index (κ2) is 7.38. The van der Waals surface area contributed by atoms with Crippen LogP contribution in [0.3, 0.4) is 0 Å². The van der Waals surface area contributed by atoms with Gasteiger partial charge in [-0.3, -0.25) is 0 Å². The summed E-state index contributed by atoms with van der Waals surface area (Å²) < 4.78 is 92.6. The average molecular weight is 414 g/mol. The summed E-state index contributed by atoms with van der Waals surface area (Å²) in [6.45, 7) is 1.16. The molecule has 14 heteroatoms. The molecule has 0 aliphatic carbocycles. The molecule has 0 unspecified atom stereocenters. The van der Waals surface area contributed by atoms with Gasteiger partial charge in [-0.15, -0.1) is 0 Å². The Morgan fingerprint density at radius 2 is 2.00 bits per heavy atom. The van der Waals surface area contributed by atoms with Crippen LogP contribution in [0.4, 0.5) is 17.6 Å². The van der Waals surface area contributed by atoms with E-state index in [1.165, 1.54) is 14.0 Å². The van der Waals surface area contributed by atoms with E-state index in [1.54, 1.807) is 0 Å². The van der Waals surface area contributed by atoms with E-state index < -0.39 is 50.2 Å². The molecular formula is C13H10F4N2O7S. The molecule has 0 aliphatic heterocycles.